The van der Waals surface area contributed by atoms with Crippen LogP contribution in [0.15, 0.2) is 16.7 Å². The van der Waals surface area contributed by atoms with Gasteiger partial charge in [0, 0.05) is 43.8 Å². The van der Waals surface area contributed by atoms with E-state index >= 15 is 0 Å². The third kappa shape index (κ3) is 3.19. The van der Waals surface area contributed by atoms with E-state index in [1.165, 1.54) is 12.8 Å². The first-order valence-corrected chi connectivity index (χ1v) is 9.28. The molecule has 1 saturated carbocycles. The second kappa shape index (κ2) is 6.48. The van der Waals surface area contributed by atoms with E-state index in [-0.39, 0.29) is 23.1 Å². The molecule has 1 spiro atoms. The highest BCUT2D eigenvalue weighted by Crippen LogP contribution is 2.45. The van der Waals surface area contributed by atoms with E-state index in [0.29, 0.717) is 38.0 Å². The second-order valence-electron chi connectivity index (χ2n) is 7.83. The molecule has 3 aliphatic rings. The van der Waals surface area contributed by atoms with E-state index in [1.54, 1.807) is 17.2 Å². The Labute approximate surface area is 147 Å². The van der Waals surface area contributed by atoms with Gasteiger partial charge in [-0.3, -0.25) is 9.59 Å². The number of aryl methyl sites for hydroxylation is 1. The van der Waals surface area contributed by atoms with Crippen LogP contribution >= 0.6 is 0 Å². The molecule has 1 aromatic rings. The van der Waals surface area contributed by atoms with Crippen LogP contribution in [0.25, 0.3) is 0 Å². The number of carbonyl (C=O) groups excluding carboxylic acids is 2. The van der Waals surface area contributed by atoms with Gasteiger partial charge < -0.3 is 19.4 Å². The van der Waals surface area contributed by atoms with Crippen molar-refractivity contribution >= 4 is 11.8 Å². The normalized spacial score (nSPS) is 25.3. The first-order valence-electron chi connectivity index (χ1n) is 9.28. The van der Waals surface area contributed by atoms with Crippen LogP contribution in [-0.4, -0.2) is 49.6 Å². The van der Waals surface area contributed by atoms with Crippen LogP contribution in [0.5, 0.6) is 0 Å². The molecule has 3 fully saturated rings. The number of carbonyl (C=O) groups is 2. The summed E-state index contributed by atoms with van der Waals surface area (Å²) in [6, 6.07) is 1.80. The number of rotatable bonds is 4. The second-order valence-corrected chi connectivity index (χ2v) is 7.83. The Bertz CT molecular complexity index is 658. The lowest BCUT2D eigenvalue weighted by molar-refractivity contribution is -0.129. The highest BCUT2D eigenvalue weighted by molar-refractivity contribution is 5.94. The number of nitrogens with zero attached hydrogens (tertiary/aromatic N) is 1. The maximum absolute atomic E-state index is 12.9. The van der Waals surface area contributed by atoms with Gasteiger partial charge in [0.2, 0.25) is 5.91 Å². The summed E-state index contributed by atoms with van der Waals surface area (Å²) in [5, 5.41) is 3.12. The van der Waals surface area contributed by atoms with Crippen molar-refractivity contribution in [3.8, 4) is 0 Å². The third-order valence-corrected chi connectivity index (χ3v) is 6.06. The standard InChI is InChI=1S/C19H26N2O4/c1-13-4-7-25-16(13)18(23)21-11-15(17(22)20-10-14-2-3-14)19(12-21)5-8-24-9-6-19/h4,7,14-15H,2-3,5-6,8-12H2,1H3,(H,20,22)/t15-/m0/s1. The molecular formula is C19H26N2O4. The van der Waals surface area contributed by atoms with Crippen LogP contribution in [0.3, 0.4) is 0 Å². The molecular weight excluding hydrogens is 320 g/mol. The molecule has 2 amide bonds. The number of hydrogen-bond acceptors (Lipinski definition) is 4. The molecule has 2 saturated heterocycles. The van der Waals surface area contributed by atoms with Crippen molar-refractivity contribution in [2.75, 3.05) is 32.8 Å². The minimum absolute atomic E-state index is 0.0975. The van der Waals surface area contributed by atoms with E-state index in [0.717, 1.165) is 24.9 Å². The Balaban J connectivity index is 1.52. The number of amides is 2. The lowest BCUT2D eigenvalue weighted by Gasteiger charge is -2.37. The summed E-state index contributed by atoms with van der Waals surface area (Å²) in [7, 11) is 0. The molecule has 6 nitrogen and oxygen atoms in total. The molecule has 0 aromatic carbocycles. The molecule has 136 valence electrons. The predicted octanol–water partition coefficient (Wildman–Crippen LogP) is 1.98. The molecule has 3 heterocycles. The van der Waals surface area contributed by atoms with Gasteiger partial charge in [-0.05, 0) is 44.6 Å². The zero-order valence-corrected chi connectivity index (χ0v) is 14.8. The Morgan fingerprint density at radius 2 is 2.08 bits per heavy atom. The maximum atomic E-state index is 12.9. The van der Waals surface area contributed by atoms with Gasteiger partial charge in [0.25, 0.3) is 5.91 Å². The monoisotopic (exact) mass is 346 g/mol. The van der Waals surface area contributed by atoms with Crippen LogP contribution in [0.1, 0.15) is 41.8 Å². The van der Waals surface area contributed by atoms with E-state index in [4.69, 9.17) is 9.15 Å². The number of ether oxygens (including phenoxy) is 1. The summed E-state index contributed by atoms with van der Waals surface area (Å²) in [6.45, 7) is 5.04. The van der Waals surface area contributed by atoms with Crippen molar-refractivity contribution < 1.29 is 18.7 Å². The van der Waals surface area contributed by atoms with Crippen molar-refractivity contribution in [2.24, 2.45) is 17.3 Å². The van der Waals surface area contributed by atoms with Gasteiger partial charge in [-0.25, -0.2) is 0 Å². The Hall–Kier alpha value is -1.82. The molecule has 6 heteroatoms. The summed E-state index contributed by atoms with van der Waals surface area (Å²) in [6.07, 6.45) is 5.63. The first kappa shape index (κ1) is 16.6. The molecule has 0 bridgehead atoms. The first-order chi connectivity index (χ1) is 12.1. The van der Waals surface area contributed by atoms with E-state index in [2.05, 4.69) is 5.32 Å². The number of nitrogens with one attached hydrogen (secondary N) is 1. The fraction of sp³-hybridized carbons (Fsp3) is 0.684. The van der Waals surface area contributed by atoms with E-state index < -0.39 is 0 Å². The predicted molar refractivity (Wildman–Crippen MR) is 91.1 cm³/mol. The van der Waals surface area contributed by atoms with Crippen molar-refractivity contribution in [2.45, 2.75) is 32.6 Å². The Kier molecular flexibility index (Phi) is 4.31. The van der Waals surface area contributed by atoms with Crippen LogP contribution in [0, 0.1) is 24.2 Å². The van der Waals surface area contributed by atoms with Gasteiger partial charge in [-0.1, -0.05) is 0 Å². The Morgan fingerprint density at radius 1 is 1.32 bits per heavy atom. The largest absolute Gasteiger partial charge is 0.459 e. The average Bonchev–Trinajstić information content (AvgIpc) is 3.25. The highest BCUT2D eigenvalue weighted by Gasteiger charge is 2.52. The number of hydrogen-bond donors (Lipinski definition) is 1. The van der Waals surface area contributed by atoms with Gasteiger partial charge in [-0.2, -0.15) is 0 Å². The molecule has 4 rings (SSSR count). The fourth-order valence-electron chi connectivity index (χ4n) is 4.19. The molecule has 1 aromatic heterocycles. The molecule has 2 aliphatic heterocycles. The van der Waals surface area contributed by atoms with E-state index in [9.17, 15) is 9.59 Å². The molecule has 25 heavy (non-hydrogen) atoms. The van der Waals surface area contributed by atoms with Crippen LogP contribution < -0.4 is 5.32 Å². The van der Waals surface area contributed by atoms with Crippen molar-refractivity contribution in [3.63, 3.8) is 0 Å². The molecule has 0 radical (unpaired) electrons. The highest BCUT2D eigenvalue weighted by atomic mass is 16.5. The molecule has 1 N–H and O–H groups in total. The number of furan rings is 1. The van der Waals surface area contributed by atoms with Gasteiger partial charge in [-0.15, -0.1) is 0 Å². The van der Waals surface area contributed by atoms with Crippen molar-refractivity contribution in [1.82, 2.24) is 10.2 Å². The summed E-state index contributed by atoms with van der Waals surface area (Å²) >= 11 is 0. The topological polar surface area (TPSA) is 71.8 Å². The number of likely N-dealkylation sites (tertiary alicyclic amines) is 1. The van der Waals surface area contributed by atoms with Gasteiger partial charge in [0.15, 0.2) is 5.76 Å². The van der Waals surface area contributed by atoms with Gasteiger partial charge in [0.1, 0.15) is 0 Å². The minimum Gasteiger partial charge on any atom is -0.459 e. The maximum Gasteiger partial charge on any atom is 0.289 e. The fourth-order valence-corrected chi connectivity index (χ4v) is 4.19. The summed E-state index contributed by atoms with van der Waals surface area (Å²) in [4.78, 5) is 27.5. The zero-order chi connectivity index (χ0) is 17.4. The van der Waals surface area contributed by atoms with Crippen LogP contribution in [0.2, 0.25) is 0 Å². The van der Waals surface area contributed by atoms with Gasteiger partial charge in [0.05, 0.1) is 12.2 Å². The zero-order valence-electron chi connectivity index (χ0n) is 14.8. The van der Waals surface area contributed by atoms with Gasteiger partial charge >= 0.3 is 0 Å². The molecule has 1 aliphatic carbocycles. The summed E-state index contributed by atoms with van der Waals surface area (Å²) < 4.78 is 10.9. The third-order valence-electron chi connectivity index (χ3n) is 6.06. The van der Waals surface area contributed by atoms with E-state index in [1.807, 2.05) is 6.92 Å². The lowest BCUT2D eigenvalue weighted by atomic mass is 9.71. The average molecular weight is 346 g/mol. The van der Waals surface area contributed by atoms with Crippen molar-refractivity contribution in [3.05, 3.63) is 23.7 Å². The molecule has 0 unspecified atom stereocenters. The van der Waals surface area contributed by atoms with Crippen LogP contribution in [-0.2, 0) is 9.53 Å². The smallest absolute Gasteiger partial charge is 0.289 e. The quantitative estimate of drug-likeness (QED) is 0.905. The summed E-state index contributed by atoms with van der Waals surface area (Å²) in [5.41, 5.74) is 0.676. The lowest BCUT2D eigenvalue weighted by Crippen LogP contribution is -2.44. The molecule has 1 atom stereocenters. The van der Waals surface area contributed by atoms with Crippen molar-refractivity contribution in [1.29, 1.82) is 0 Å². The SMILES string of the molecule is Cc1ccoc1C(=O)N1C[C@@H](C(=O)NCC2CC2)C2(CCOCC2)C1. The summed E-state index contributed by atoms with van der Waals surface area (Å²) in [5.74, 6) is 0.876. The van der Waals surface area contributed by atoms with Crippen LogP contribution in [0.4, 0.5) is 0 Å². The minimum atomic E-state index is -0.165. The Morgan fingerprint density at radius 3 is 2.72 bits per heavy atom.